The number of amides is 1. The molecule has 1 fully saturated rings. The Balaban J connectivity index is 2.15. The predicted molar refractivity (Wildman–Crippen MR) is 95.7 cm³/mol. The molecular weight excluding hydrogens is 396 g/mol. The van der Waals surface area contributed by atoms with Crippen LogP contribution >= 0.6 is 23.5 Å². The maximum atomic E-state index is 12.4. The predicted octanol–water partition coefficient (Wildman–Crippen LogP) is -0.113. The summed E-state index contributed by atoms with van der Waals surface area (Å²) in [5, 5.41) is 32.8. The Morgan fingerprint density at radius 3 is 2.78 bits per heavy atom. The Labute approximate surface area is 162 Å². The second-order valence-corrected chi connectivity index (χ2v) is 8.47. The molecule has 0 radical (unpaired) electrons. The van der Waals surface area contributed by atoms with Gasteiger partial charge in [-0.15, -0.1) is 22.0 Å². The first-order valence-corrected chi connectivity index (χ1v) is 10.0. The Morgan fingerprint density at radius 1 is 1.48 bits per heavy atom. The smallest absolute Gasteiger partial charge is 0.352 e. The molecule has 3 heterocycles. The number of unbranched alkanes of at least 4 members (excludes halogenated alkanes) is 1. The molecule has 0 spiro atoms. The van der Waals surface area contributed by atoms with Crippen LogP contribution in [0.2, 0.25) is 0 Å². The summed E-state index contributed by atoms with van der Waals surface area (Å²) in [6, 6.07) is -0.786. The van der Waals surface area contributed by atoms with Crippen LogP contribution in [0.15, 0.2) is 16.4 Å². The van der Waals surface area contributed by atoms with Crippen molar-refractivity contribution in [3.63, 3.8) is 0 Å². The molecule has 3 rings (SSSR count). The Hall–Kier alpha value is -2.12. The van der Waals surface area contributed by atoms with Gasteiger partial charge >= 0.3 is 11.9 Å². The molecule has 0 aromatic carbocycles. The quantitative estimate of drug-likeness (QED) is 0.330. The number of nitrogens with one attached hydrogen (secondary N) is 1. The lowest BCUT2D eigenvalue weighted by atomic mass is 9.89. The number of aromatic amines is 1. The first kappa shape index (κ1) is 19.6. The van der Waals surface area contributed by atoms with Crippen molar-refractivity contribution in [1.29, 1.82) is 0 Å². The molecule has 0 aliphatic carbocycles. The van der Waals surface area contributed by atoms with E-state index in [1.54, 1.807) is 0 Å². The molecule has 13 heteroatoms. The second-order valence-electron chi connectivity index (χ2n) is 6.10. The maximum Gasteiger partial charge on any atom is 0.352 e. The van der Waals surface area contributed by atoms with Crippen molar-refractivity contribution in [3.05, 3.63) is 11.3 Å². The first-order valence-electron chi connectivity index (χ1n) is 8.16. The number of β-lactam (4-membered cyclic amide) rings is 1. The van der Waals surface area contributed by atoms with Crippen LogP contribution in [0, 0.1) is 0 Å². The van der Waals surface area contributed by atoms with E-state index in [9.17, 15) is 24.6 Å². The number of aliphatic carboxylic acids is 2. The van der Waals surface area contributed by atoms with Gasteiger partial charge in [0.05, 0.1) is 0 Å². The van der Waals surface area contributed by atoms with Crippen LogP contribution in [0.5, 0.6) is 0 Å². The number of carboxylic acid groups (broad SMARTS) is 2. The molecule has 2 aliphatic heterocycles. The van der Waals surface area contributed by atoms with E-state index in [1.807, 2.05) is 6.92 Å². The normalized spacial score (nSPS) is 24.2. The van der Waals surface area contributed by atoms with Gasteiger partial charge in [0.15, 0.2) is 0 Å². The summed E-state index contributed by atoms with van der Waals surface area (Å²) in [6.07, 6.45) is 1.40. The number of thioether (sulfide) groups is 2. The number of nitrogens with two attached hydrogens (primary N) is 1. The van der Waals surface area contributed by atoms with Crippen molar-refractivity contribution in [2.24, 2.45) is 5.73 Å². The standard InChI is InChI=1S/C14H18N6O5S2/c1-2-3-4-14(12(24)25,27-13-16-18-19-17-13)6-5-26-10-7(15)9(21)20(10)8(6)11(22)23/h7,10H,2-5,15H2,1H3,(H,22,23)(H,24,25)(H,16,17,18,19)/t7?,10-,14?/m0/s1. The fraction of sp³-hybridized carbons (Fsp3) is 0.571. The van der Waals surface area contributed by atoms with Crippen LogP contribution in [0.1, 0.15) is 26.2 Å². The SMILES string of the molecule is CCCCC(Sc1nn[nH]n1)(C(=O)O)C1=C(C(=O)O)N2C(=O)C(N)[C@@H]2SC1. The Bertz CT molecular complexity index is 800. The van der Waals surface area contributed by atoms with Crippen molar-refractivity contribution < 1.29 is 24.6 Å². The number of hydrogen-bond acceptors (Lipinski definition) is 9. The molecule has 1 aromatic heterocycles. The zero-order valence-corrected chi connectivity index (χ0v) is 15.9. The third-order valence-electron chi connectivity index (χ3n) is 4.52. The summed E-state index contributed by atoms with van der Waals surface area (Å²) >= 11 is 2.09. The second kappa shape index (κ2) is 7.48. The number of carbonyl (C=O) groups is 3. The zero-order chi connectivity index (χ0) is 19.8. The van der Waals surface area contributed by atoms with Crippen molar-refractivity contribution >= 4 is 41.4 Å². The summed E-state index contributed by atoms with van der Waals surface area (Å²) < 4.78 is -1.63. The van der Waals surface area contributed by atoms with Crippen molar-refractivity contribution in [2.45, 2.75) is 47.5 Å². The van der Waals surface area contributed by atoms with E-state index in [-0.39, 0.29) is 28.6 Å². The minimum atomic E-state index is -1.63. The molecule has 0 bridgehead atoms. The zero-order valence-electron chi connectivity index (χ0n) is 14.3. The van der Waals surface area contributed by atoms with Gasteiger partial charge in [-0.3, -0.25) is 14.5 Å². The third kappa shape index (κ3) is 3.19. The summed E-state index contributed by atoms with van der Waals surface area (Å²) in [5.74, 6) is -2.96. The minimum Gasteiger partial charge on any atom is -0.480 e. The van der Waals surface area contributed by atoms with Gasteiger partial charge in [0.1, 0.15) is 21.9 Å². The van der Waals surface area contributed by atoms with Gasteiger partial charge in [0.25, 0.3) is 0 Å². The summed E-state index contributed by atoms with van der Waals surface area (Å²) in [4.78, 5) is 37.7. The van der Waals surface area contributed by atoms with Crippen molar-refractivity contribution in [1.82, 2.24) is 25.5 Å². The molecular formula is C14H18N6O5S2. The van der Waals surface area contributed by atoms with Crippen molar-refractivity contribution in [2.75, 3.05) is 5.75 Å². The number of rotatable bonds is 8. The van der Waals surface area contributed by atoms with Crippen LogP contribution in [-0.4, -0.2) is 75.5 Å². The average molecular weight is 414 g/mol. The van der Waals surface area contributed by atoms with Gasteiger partial charge in [-0.2, -0.15) is 5.21 Å². The fourth-order valence-corrected chi connectivity index (χ4v) is 5.74. The maximum absolute atomic E-state index is 12.4. The van der Waals surface area contributed by atoms with E-state index in [0.29, 0.717) is 12.8 Å². The van der Waals surface area contributed by atoms with Gasteiger partial charge in [-0.25, -0.2) is 4.79 Å². The molecule has 2 unspecified atom stereocenters. The highest BCUT2D eigenvalue weighted by Gasteiger charge is 2.56. The van der Waals surface area contributed by atoms with Crippen LogP contribution < -0.4 is 5.73 Å². The molecule has 1 saturated heterocycles. The Morgan fingerprint density at radius 2 is 2.22 bits per heavy atom. The number of nitrogens with zero attached hydrogens (tertiary/aromatic N) is 4. The largest absolute Gasteiger partial charge is 0.480 e. The lowest BCUT2D eigenvalue weighted by Crippen LogP contribution is -2.69. The molecule has 2 aliphatic rings. The highest BCUT2D eigenvalue weighted by atomic mass is 32.2. The fourth-order valence-electron chi connectivity index (χ4n) is 3.15. The van der Waals surface area contributed by atoms with Crippen LogP contribution in [0.4, 0.5) is 0 Å². The first-order chi connectivity index (χ1) is 12.8. The topological polar surface area (TPSA) is 175 Å². The number of hydrogen-bond donors (Lipinski definition) is 4. The third-order valence-corrected chi connectivity index (χ3v) is 7.15. The molecule has 3 atom stereocenters. The van der Waals surface area contributed by atoms with Crippen molar-refractivity contribution in [3.8, 4) is 0 Å². The molecule has 11 nitrogen and oxygen atoms in total. The summed E-state index contributed by atoms with van der Waals surface area (Å²) in [7, 11) is 0. The summed E-state index contributed by atoms with van der Waals surface area (Å²) in [5.41, 5.74) is 5.60. The number of H-pyrrole nitrogens is 1. The van der Waals surface area contributed by atoms with E-state index in [4.69, 9.17) is 5.73 Å². The molecule has 1 aromatic rings. The van der Waals surface area contributed by atoms with Gasteiger partial charge in [-0.1, -0.05) is 31.5 Å². The molecule has 27 heavy (non-hydrogen) atoms. The minimum absolute atomic E-state index is 0.0875. The highest BCUT2D eigenvalue weighted by molar-refractivity contribution is 8.02. The summed E-state index contributed by atoms with van der Waals surface area (Å²) in [6.45, 7) is 1.90. The highest BCUT2D eigenvalue weighted by Crippen LogP contribution is 2.49. The molecule has 5 N–H and O–H groups in total. The molecule has 0 saturated carbocycles. The van der Waals surface area contributed by atoms with Crippen LogP contribution in [-0.2, 0) is 14.4 Å². The van der Waals surface area contributed by atoms with Gasteiger partial charge in [0, 0.05) is 5.75 Å². The average Bonchev–Trinajstić information content (AvgIpc) is 3.15. The van der Waals surface area contributed by atoms with Crippen LogP contribution in [0.3, 0.4) is 0 Å². The van der Waals surface area contributed by atoms with E-state index < -0.39 is 34.0 Å². The van der Waals surface area contributed by atoms with E-state index in [2.05, 4.69) is 20.6 Å². The number of fused-ring (bicyclic) bond motifs is 1. The monoisotopic (exact) mass is 414 g/mol. The Kier molecular flexibility index (Phi) is 5.44. The van der Waals surface area contributed by atoms with E-state index in [1.165, 1.54) is 11.8 Å². The number of carboxylic acids is 2. The lowest BCUT2D eigenvalue weighted by Gasteiger charge is -2.49. The molecule has 146 valence electrons. The van der Waals surface area contributed by atoms with E-state index >= 15 is 0 Å². The van der Waals surface area contributed by atoms with Gasteiger partial charge in [-0.05, 0) is 17.2 Å². The number of aromatic nitrogens is 4. The van der Waals surface area contributed by atoms with Gasteiger partial charge in [0.2, 0.25) is 11.1 Å². The number of carbonyl (C=O) groups excluding carboxylic acids is 1. The number of tetrazole rings is 1. The molecule has 1 amide bonds. The van der Waals surface area contributed by atoms with Gasteiger partial charge < -0.3 is 15.9 Å². The van der Waals surface area contributed by atoms with E-state index in [0.717, 1.165) is 16.7 Å². The van der Waals surface area contributed by atoms with Crippen LogP contribution in [0.25, 0.3) is 0 Å². The lowest BCUT2D eigenvalue weighted by molar-refractivity contribution is -0.148.